The van der Waals surface area contributed by atoms with E-state index >= 15 is 0 Å². The molecule has 1 amide bonds. The van der Waals surface area contributed by atoms with Gasteiger partial charge in [0.25, 0.3) is 0 Å². The zero-order chi connectivity index (χ0) is 25.7. The first kappa shape index (κ1) is 25.2. The first-order valence-corrected chi connectivity index (χ1v) is 13.0. The number of amides is 1. The Balaban J connectivity index is 1.50. The molecular weight excluding hydrogens is 478 g/mol. The number of carbonyl (C=O) groups excluding carboxylic acids is 1. The van der Waals surface area contributed by atoms with Crippen LogP contribution in [0, 0.1) is 6.92 Å². The Hall–Kier alpha value is -3.95. The highest BCUT2D eigenvalue weighted by atomic mass is 32.2. The van der Waals surface area contributed by atoms with Gasteiger partial charge in [-0.25, -0.2) is 13.2 Å². The monoisotopic (exact) mass is 505 g/mol. The van der Waals surface area contributed by atoms with Crippen molar-refractivity contribution in [3.63, 3.8) is 0 Å². The van der Waals surface area contributed by atoms with Gasteiger partial charge >= 0.3 is 5.97 Å². The summed E-state index contributed by atoms with van der Waals surface area (Å²) in [4.78, 5) is 27.4. The number of hydrogen-bond donors (Lipinski definition) is 4. The van der Waals surface area contributed by atoms with E-state index in [4.69, 9.17) is 5.11 Å². The fourth-order valence-electron chi connectivity index (χ4n) is 3.95. The molecular formula is C27H27N3O5S. The Bertz CT molecular complexity index is 1480. The first-order chi connectivity index (χ1) is 17.2. The lowest BCUT2D eigenvalue weighted by atomic mass is 10.0. The molecule has 1 heterocycles. The molecule has 186 valence electrons. The molecule has 0 aliphatic heterocycles. The van der Waals surface area contributed by atoms with Crippen LogP contribution in [0.15, 0.2) is 83.9 Å². The maximum absolute atomic E-state index is 13.2. The van der Waals surface area contributed by atoms with Crippen molar-refractivity contribution in [2.45, 2.75) is 30.7 Å². The van der Waals surface area contributed by atoms with Crippen LogP contribution >= 0.6 is 0 Å². The highest BCUT2D eigenvalue weighted by Gasteiger charge is 2.27. The van der Waals surface area contributed by atoms with Crippen LogP contribution in [0.2, 0.25) is 0 Å². The molecule has 4 rings (SSSR count). The van der Waals surface area contributed by atoms with Crippen LogP contribution in [-0.2, 0) is 27.7 Å². The van der Waals surface area contributed by atoms with E-state index in [0.717, 1.165) is 27.6 Å². The largest absolute Gasteiger partial charge is 0.478 e. The molecule has 3 aromatic carbocycles. The minimum atomic E-state index is -3.94. The number of sulfonamides is 1. The van der Waals surface area contributed by atoms with Crippen LogP contribution in [0.3, 0.4) is 0 Å². The minimum Gasteiger partial charge on any atom is -0.478 e. The van der Waals surface area contributed by atoms with Gasteiger partial charge in [0.05, 0.1) is 10.5 Å². The van der Waals surface area contributed by atoms with Crippen molar-refractivity contribution >= 4 is 32.8 Å². The number of aromatic carboxylic acids is 1. The summed E-state index contributed by atoms with van der Waals surface area (Å²) in [5.41, 5.74) is 3.69. The Morgan fingerprint density at radius 3 is 2.36 bits per heavy atom. The number of carboxylic acids is 1. The third kappa shape index (κ3) is 5.99. The van der Waals surface area contributed by atoms with E-state index in [1.54, 1.807) is 30.5 Å². The van der Waals surface area contributed by atoms with E-state index in [2.05, 4.69) is 15.0 Å². The Morgan fingerprint density at radius 1 is 0.972 bits per heavy atom. The van der Waals surface area contributed by atoms with Crippen molar-refractivity contribution in [3.8, 4) is 0 Å². The van der Waals surface area contributed by atoms with Crippen molar-refractivity contribution in [1.82, 2.24) is 15.0 Å². The second kappa shape index (κ2) is 10.8. The van der Waals surface area contributed by atoms with Crippen LogP contribution in [0.4, 0.5) is 0 Å². The zero-order valence-corrected chi connectivity index (χ0v) is 20.5. The average Bonchev–Trinajstić information content (AvgIpc) is 3.27. The first-order valence-electron chi connectivity index (χ1n) is 11.5. The van der Waals surface area contributed by atoms with E-state index in [0.29, 0.717) is 6.42 Å². The predicted molar refractivity (Wildman–Crippen MR) is 137 cm³/mol. The van der Waals surface area contributed by atoms with E-state index < -0.39 is 27.9 Å². The lowest BCUT2D eigenvalue weighted by Crippen LogP contribution is -2.48. The van der Waals surface area contributed by atoms with Gasteiger partial charge in [0.15, 0.2) is 0 Å². The van der Waals surface area contributed by atoms with Crippen molar-refractivity contribution in [2.24, 2.45) is 0 Å². The van der Waals surface area contributed by atoms with Crippen LogP contribution in [-0.4, -0.2) is 43.0 Å². The molecule has 0 radical (unpaired) electrons. The fourth-order valence-corrected chi connectivity index (χ4v) is 5.14. The van der Waals surface area contributed by atoms with Gasteiger partial charge in [-0.1, -0.05) is 48.0 Å². The zero-order valence-electron chi connectivity index (χ0n) is 19.7. The van der Waals surface area contributed by atoms with Crippen molar-refractivity contribution in [3.05, 3.63) is 101 Å². The molecule has 0 spiro atoms. The molecule has 0 saturated carbocycles. The fraction of sp³-hybridized carbons (Fsp3) is 0.185. The number of fused-ring (bicyclic) bond motifs is 1. The summed E-state index contributed by atoms with van der Waals surface area (Å²) in [6, 6.07) is 19.4. The molecule has 0 aliphatic rings. The maximum Gasteiger partial charge on any atom is 0.335 e. The summed E-state index contributed by atoms with van der Waals surface area (Å²) >= 11 is 0. The molecule has 0 bridgehead atoms. The van der Waals surface area contributed by atoms with E-state index in [1.165, 1.54) is 24.3 Å². The van der Waals surface area contributed by atoms with Gasteiger partial charge in [-0.05, 0) is 61.2 Å². The molecule has 4 aromatic rings. The highest BCUT2D eigenvalue weighted by Crippen LogP contribution is 2.20. The molecule has 0 fully saturated rings. The van der Waals surface area contributed by atoms with Gasteiger partial charge in [0.1, 0.15) is 6.04 Å². The Morgan fingerprint density at radius 2 is 1.67 bits per heavy atom. The number of carboxylic acid groups (broad SMARTS) is 1. The van der Waals surface area contributed by atoms with Gasteiger partial charge in [-0.3, -0.25) is 4.79 Å². The van der Waals surface area contributed by atoms with Gasteiger partial charge in [-0.15, -0.1) is 0 Å². The van der Waals surface area contributed by atoms with Crippen molar-refractivity contribution in [1.29, 1.82) is 0 Å². The number of benzene rings is 3. The number of carbonyl (C=O) groups is 2. The quantitative estimate of drug-likeness (QED) is 0.263. The summed E-state index contributed by atoms with van der Waals surface area (Å²) in [5.74, 6) is -1.45. The minimum absolute atomic E-state index is 0.0864. The lowest BCUT2D eigenvalue weighted by Gasteiger charge is -2.19. The average molecular weight is 506 g/mol. The molecule has 0 saturated heterocycles. The number of hydrogen-bond acceptors (Lipinski definition) is 4. The predicted octanol–water partition coefficient (Wildman–Crippen LogP) is 3.42. The van der Waals surface area contributed by atoms with Gasteiger partial charge in [0.2, 0.25) is 15.9 Å². The summed E-state index contributed by atoms with van der Waals surface area (Å²) in [6.07, 6.45) is 2.42. The molecule has 1 atom stereocenters. The molecule has 4 N–H and O–H groups in total. The molecule has 1 unspecified atom stereocenters. The molecule has 9 heteroatoms. The standard InChI is InChI=1S/C27H27N3O5S/c1-18-6-12-22(13-7-18)36(34,35)30-25(16-21-17-29-24-5-3-2-4-23(21)24)26(31)28-15-14-19-8-10-20(11-9-19)27(32)33/h2-13,17,25,29-30H,14-16H2,1H3,(H,28,31)(H,32,33). The normalized spacial score (nSPS) is 12.4. The highest BCUT2D eigenvalue weighted by molar-refractivity contribution is 7.89. The third-order valence-corrected chi connectivity index (χ3v) is 7.45. The second-order valence-corrected chi connectivity index (χ2v) is 10.3. The lowest BCUT2D eigenvalue weighted by molar-refractivity contribution is -0.122. The molecule has 8 nitrogen and oxygen atoms in total. The SMILES string of the molecule is Cc1ccc(S(=O)(=O)NC(Cc2c[nH]c3ccccc23)C(=O)NCCc2ccc(C(=O)O)cc2)cc1. The number of aromatic amines is 1. The van der Waals surface area contributed by atoms with Gasteiger partial charge < -0.3 is 15.4 Å². The molecule has 36 heavy (non-hydrogen) atoms. The van der Waals surface area contributed by atoms with Crippen LogP contribution in [0.5, 0.6) is 0 Å². The number of rotatable bonds is 10. The van der Waals surface area contributed by atoms with Crippen LogP contribution in [0.25, 0.3) is 10.9 Å². The number of H-pyrrole nitrogens is 1. The van der Waals surface area contributed by atoms with Crippen molar-refractivity contribution in [2.75, 3.05) is 6.54 Å². The van der Waals surface area contributed by atoms with Gasteiger partial charge in [0, 0.05) is 23.6 Å². The van der Waals surface area contributed by atoms with Gasteiger partial charge in [-0.2, -0.15) is 4.72 Å². The smallest absolute Gasteiger partial charge is 0.335 e. The summed E-state index contributed by atoms with van der Waals surface area (Å²) < 4.78 is 28.8. The van der Waals surface area contributed by atoms with Crippen LogP contribution in [0.1, 0.15) is 27.0 Å². The molecule has 0 aliphatic carbocycles. The number of nitrogens with one attached hydrogen (secondary N) is 3. The Labute approximate surface area is 209 Å². The van der Waals surface area contributed by atoms with E-state index in [1.807, 2.05) is 31.2 Å². The molecule has 1 aromatic heterocycles. The van der Waals surface area contributed by atoms with E-state index in [-0.39, 0.29) is 23.4 Å². The topological polar surface area (TPSA) is 128 Å². The maximum atomic E-state index is 13.2. The summed E-state index contributed by atoms with van der Waals surface area (Å²) in [6.45, 7) is 2.13. The number of para-hydroxylation sites is 1. The van der Waals surface area contributed by atoms with Crippen LogP contribution < -0.4 is 10.0 Å². The third-order valence-electron chi connectivity index (χ3n) is 5.96. The Kier molecular flexibility index (Phi) is 7.52. The summed E-state index contributed by atoms with van der Waals surface area (Å²) in [7, 11) is -3.94. The number of aryl methyl sites for hydroxylation is 1. The second-order valence-electron chi connectivity index (χ2n) is 8.59. The summed E-state index contributed by atoms with van der Waals surface area (Å²) in [5, 5.41) is 12.8. The van der Waals surface area contributed by atoms with E-state index in [9.17, 15) is 18.0 Å². The van der Waals surface area contributed by atoms with Crippen molar-refractivity contribution < 1.29 is 23.1 Å². The number of aromatic nitrogens is 1.